The van der Waals surface area contributed by atoms with Crippen LogP contribution in [0.1, 0.15) is 12.1 Å². The summed E-state index contributed by atoms with van der Waals surface area (Å²) in [6.45, 7) is 3.52. The second-order valence-electron chi connectivity index (χ2n) is 6.68. The van der Waals surface area contributed by atoms with Crippen LogP contribution in [0.2, 0.25) is 0 Å². The van der Waals surface area contributed by atoms with Crippen molar-refractivity contribution >= 4 is 50.2 Å². The summed E-state index contributed by atoms with van der Waals surface area (Å²) < 4.78 is 7.98. The number of methoxy groups -OCH3 is 1. The van der Waals surface area contributed by atoms with Crippen molar-refractivity contribution in [3.05, 3.63) is 41.1 Å². The number of thiazole rings is 1. The number of nitrogens with one attached hydrogen (secondary N) is 1. The van der Waals surface area contributed by atoms with Crippen LogP contribution in [0.15, 0.2) is 40.4 Å². The van der Waals surface area contributed by atoms with Crippen molar-refractivity contribution in [2.45, 2.75) is 13.3 Å². The lowest BCUT2D eigenvalue weighted by Gasteiger charge is -2.16. The number of carbonyl (C=O) groups excluding carboxylic acids is 1. The Morgan fingerprint density at radius 1 is 1.34 bits per heavy atom. The van der Waals surface area contributed by atoms with Gasteiger partial charge in [0.25, 0.3) is 0 Å². The van der Waals surface area contributed by atoms with Crippen LogP contribution in [0.25, 0.3) is 15.3 Å². The largest absolute Gasteiger partial charge is 0.497 e. The average molecular weight is 427 g/mol. The van der Waals surface area contributed by atoms with Crippen LogP contribution in [-0.2, 0) is 4.79 Å². The molecule has 0 spiro atoms. The molecule has 0 saturated carbocycles. The zero-order valence-electron chi connectivity index (χ0n) is 15.9. The first kappa shape index (κ1) is 18.2. The maximum absolute atomic E-state index is 12.7. The van der Waals surface area contributed by atoms with Gasteiger partial charge in [0.2, 0.25) is 11.0 Å². The molecule has 3 aromatic rings. The molecule has 0 radical (unpaired) electrons. The summed E-state index contributed by atoms with van der Waals surface area (Å²) in [5.41, 5.74) is 2.66. The lowest BCUT2D eigenvalue weighted by Crippen LogP contribution is -2.24. The number of rotatable bonds is 5. The van der Waals surface area contributed by atoms with E-state index in [0.29, 0.717) is 17.4 Å². The van der Waals surface area contributed by atoms with E-state index in [2.05, 4.69) is 25.3 Å². The Labute approximate surface area is 175 Å². The Morgan fingerprint density at radius 2 is 2.24 bits per heavy atom. The average Bonchev–Trinajstić information content (AvgIpc) is 3.46. The number of thioether (sulfide) groups is 1. The maximum atomic E-state index is 12.7. The van der Waals surface area contributed by atoms with Crippen LogP contribution in [0, 0.1) is 6.92 Å². The van der Waals surface area contributed by atoms with Gasteiger partial charge in [-0.1, -0.05) is 23.1 Å². The van der Waals surface area contributed by atoms with Gasteiger partial charge in [0.1, 0.15) is 11.6 Å². The molecule has 4 heterocycles. The Bertz CT molecular complexity index is 1180. The molecule has 2 aliphatic rings. The van der Waals surface area contributed by atoms with E-state index in [1.54, 1.807) is 23.6 Å². The highest BCUT2D eigenvalue weighted by atomic mass is 32.2. The number of hydrogen-bond acceptors (Lipinski definition) is 8. The molecule has 0 aliphatic carbocycles. The predicted molar refractivity (Wildman–Crippen MR) is 116 cm³/mol. The quantitative estimate of drug-likeness (QED) is 0.673. The molecule has 148 valence electrons. The van der Waals surface area contributed by atoms with Crippen molar-refractivity contribution in [1.82, 2.24) is 19.7 Å². The van der Waals surface area contributed by atoms with Crippen molar-refractivity contribution in [1.29, 1.82) is 0 Å². The zero-order chi connectivity index (χ0) is 20.0. The summed E-state index contributed by atoms with van der Waals surface area (Å²) in [6, 6.07) is 7.60. The molecule has 1 N–H and O–H groups in total. The van der Waals surface area contributed by atoms with E-state index < -0.39 is 0 Å². The van der Waals surface area contributed by atoms with Crippen LogP contribution in [-0.4, -0.2) is 50.9 Å². The number of carbonyl (C=O) groups is 1. The summed E-state index contributed by atoms with van der Waals surface area (Å²) in [5.74, 6) is 1.31. The summed E-state index contributed by atoms with van der Waals surface area (Å²) in [5, 5.41) is 11.2. The molecule has 29 heavy (non-hydrogen) atoms. The topological polar surface area (TPSA) is 84.6 Å². The Balaban J connectivity index is 1.38. The van der Waals surface area contributed by atoms with Crippen molar-refractivity contribution in [2.24, 2.45) is 4.99 Å². The first-order valence-corrected chi connectivity index (χ1v) is 10.8. The molecule has 0 bridgehead atoms. The molecule has 0 unspecified atom stereocenters. The third kappa shape index (κ3) is 3.38. The fourth-order valence-electron chi connectivity index (χ4n) is 3.31. The van der Waals surface area contributed by atoms with E-state index >= 15 is 0 Å². The Kier molecular flexibility index (Phi) is 4.51. The standard InChI is InChI=1S/C19H18N6O2S2/c1-11-7-16(22-17(26)8-12-10-28-18-20-5-6-24(12)18)25(23-11)19-21-14-4-3-13(27-2)9-15(14)29-19/h3-4,7,9-10H,5-6,8H2,1-2H3,(H,22,26). The van der Waals surface area contributed by atoms with Crippen LogP contribution in [0.3, 0.4) is 0 Å². The maximum Gasteiger partial charge on any atom is 0.231 e. The third-order valence-corrected chi connectivity index (χ3v) is 6.60. The second-order valence-corrected chi connectivity index (χ2v) is 8.53. The van der Waals surface area contributed by atoms with E-state index in [9.17, 15) is 4.79 Å². The molecular weight excluding hydrogens is 408 g/mol. The number of aromatic nitrogens is 3. The highest BCUT2D eigenvalue weighted by Gasteiger charge is 2.27. The lowest BCUT2D eigenvalue weighted by atomic mass is 10.3. The minimum atomic E-state index is -0.0890. The molecule has 0 saturated heterocycles. The van der Waals surface area contributed by atoms with Gasteiger partial charge in [0.15, 0.2) is 5.17 Å². The molecule has 1 aromatic carbocycles. The normalized spacial score (nSPS) is 15.4. The number of hydrogen-bond donors (Lipinski definition) is 1. The summed E-state index contributed by atoms with van der Waals surface area (Å²) in [4.78, 5) is 23.9. The number of amides is 1. The first-order valence-electron chi connectivity index (χ1n) is 9.10. The number of anilines is 1. The van der Waals surface area contributed by atoms with Gasteiger partial charge in [0.05, 0.1) is 36.0 Å². The van der Waals surface area contributed by atoms with E-state index in [0.717, 1.165) is 45.6 Å². The molecule has 2 aliphatic heterocycles. The smallest absolute Gasteiger partial charge is 0.231 e. The van der Waals surface area contributed by atoms with Gasteiger partial charge in [0, 0.05) is 18.3 Å². The van der Waals surface area contributed by atoms with Gasteiger partial charge in [-0.2, -0.15) is 9.78 Å². The van der Waals surface area contributed by atoms with Crippen molar-refractivity contribution in [2.75, 3.05) is 25.5 Å². The fourth-order valence-corrected chi connectivity index (χ4v) is 5.22. The number of nitrogens with zero attached hydrogens (tertiary/aromatic N) is 5. The second kappa shape index (κ2) is 7.20. The van der Waals surface area contributed by atoms with Gasteiger partial charge in [-0.3, -0.25) is 9.79 Å². The van der Waals surface area contributed by atoms with Crippen molar-refractivity contribution in [3.63, 3.8) is 0 Å². The van der Waals surface area contributed by atoms with E-state index in [4.69, 9.17) is 4.74 Å². The Morgan fingerprint density at radius 3 is 3.10 bits per heavy atom. The van der Waals surface area contributed by atoms with Gasteiger partial charge >= 0.3 is 0 Å². The van der Waals surface area contributed by atoms with Crippen LogP contribution >= 0.6 is 23.1 Å². The molecule has 2 aromatic heterocycles. The molecule has 5 rings (SSSR count). The monoisotopic (exact) mass is 426 g/mol. The molecule has 0 atom stereocenters. The Hall–Kier alpha value is -2.85. The van der Waals surface area contributed by atoms with Gasteiger partial charge in [-0.05, 0) is 30.5 Å². The number of aliphatic imine (C=N–C) groups is 1. The molecule has 8 nitrogen and oxygen atoms in total. The van der Waals surface area contributed by atoms with Crippen molar-refractivity contribution < 1.29 is 9.53 Å². The van der Waals surface area contributed by atoms with Crippen LogP contribution in [0.5, 0.6) is 5.75 Å². The molecule has 0 fully saturated rings. The van der Waals surface area contributed by atoms with E-state index in [-0.39, 0.29) is 5.91 Å². The fraction of sp³-hybridized carbons (Fsp3) is 0.263. The van der Waals surface area contributed by atoms with Gasteiger partial charge in [-0.15, -0.1) is 0 Å². The molecule has 10 heteroatoms. The number of ether oxygens (including phenoxy) is 1. The highest BCUT2D eigenvalue weighted by Crippen LogP contribution is 2.32. The van der Waals surface area contributed by atoms with E-state index in [1.807, 2.05) is 36.6 Å². The minimum Gasteiger partial charge on any atom is -0.497 e. The minimum absolute atomic E-state index is 0.0890. The summed E-state index contributed by atoms with van der Waals surface area (Å²) in [7, 11) is 1.64. The summed E-state index contributed by atoms with van der Waals surface area (Å²) >= 11 is 3.08. The van der Waals surface area contributed by atoms with Crippen molar-refractivity contribution in [3.8, 4) is 10.9 Å². The number of benzene rings is 1. The predicted octanol–water partition coefficient (Wildman–Crippen LogP) is 3.39. The van der Waals surface area contributed by atoms with Crippen LogP contribution in [0.4, 0.5) is 5.82 Å². The highest BCUT2D eigenvalue weighted by molar-refractivity contribution is 8.16. The molecular formula is C19H18N6O2S2. The zero-order valence-corrected chi connectivity index (χ0v) is 17.5. The number of fused-ring (bicyclic) bond motifs is 2. The SMILES string of the molecule is COc1ccc2nc(-n3nc(C)cc3NC(=O)CC3=CSC4=NCCN34)sc2c1. The number of aryl methyl sites for hydroxylation is 1. The third-order valence-electron chi connectivity index (χ3n) is 4.65. The summed E-state index contributed by atoms with van der Waals surface area (Å²) in [6.07, 6.45) is 0.299. The lowest BCUT2D eigenvalue weighted by molar-refractivity contribution is -0.115. The first-order chi connectivity index (χ1) is 14.1. The van der Waals surface area contributed by atoms with Gasteiger partial charge < -0.3 is 15.0 Å². The molecule has 1 amide bonds. The number of amidine groups is 1. The van der Waals surface area contributed by atoms with E-state index in [1.165, 1.54) is 11.3 Å². The van der Waals surface area contributed by atoms with Crippen LogP contribution < -0.4 is 10.1 Å². The van der Waals surface area contributed by atoms with Gasteiger partial charge in [-0.25, -0.2) is 4.98 Å².